The summed E-state index contributed by atoms with van der Waals surface area (Å²) in [7, 11) is 2.77. The summed E-state index contributed by atoms with van der Waals surface area (Å²) in [5.41, 5.74) is 1.10. The number of nitrogens with one attached hydrogen (secondary N) is 1. The van der Waals surface area contributed by atoms with E-state index in [0.717, 1.165) is 4.90 Å². The highest BCUT2D eigenvalue weighted by atomic mass is 16.5. The summed E-state index contributed by atoms with van der Waals surface area (Å²) in [6.45, 7) is 0.0177. The summed E-state index contributed by atoms with van der Waals surface area (Å²) in [5, 5.41) is 2.70. The molecule has 35 heavy (non-hydrogen) atoms. The lowest BCUT2D eigenvalue weighted by Gasteiger charge is -2.20. The third kappa shape index (κ3) is 5.01. The molecule has 0 unspecified atom stereocenters. The molecule has 0 spiro atoms. The summed E-state index contributed by atoms with van der Waals surface area (Å²) in [4.78, 5) is 53.4. The first-order valence-corrected chi connectivity index (χ1v) is 10.7. The summed E-state index contributed by atoms with van der Waals surface area (Å²) < 4.78 is 15.2. The second-order valence-electron chi connectivity index (χ2n) is 7.70. The van der Waals surface area contributed by atoms with Crippen molar-refractivity contribution in [2.45, 2.75) is 19.0 Å². The molecule has 10 heteroatoms. The number of imide groups is 1. The number of rotatable bonds is 8. The Morgan fingerprint density at radius 3 is 2.46 bits per heavy atom. The smallest absolute Gasteiger partial charge is 0.337 e. The Morgan fingerprint density at radius 2 is 1.80 bits per heavy atom. The van der Waals surface area contributed by atoms with E-state index in [9.17, 15) is 19.2 Å². The van der Waals surface area contributed by atoms with Gasteiger partial charge in [0, 0.05) is 11.8 Å². The van der Waals surface area contributed by atoms with Crippen molar-refractivity contribution in [3.8, 4) is 5.75 Å². The van der Waals surface area contributed by atoms with E-state index in [1.165, 1.54) is 37.5 Å². The van der Waals surface area contributed by atoms with Crippen molar-refractivity contribution >= 4 is 35.2 Å². The van der Waals surface area contributed by atoms with E-state index in [-0.39, 0.29) is 13.0 Å². The van der Waals surface area contributed by atoms with Gasteiger partial charge in [-0.15, -0.1) is 0 Å². The Balaban J connectivity index is 1.55. The molecule has 10 nitrogen and oxygen atoms in total. The Kier molecular flexibility index (Phi) is 6.81. The zero-order valence-electron chi connectivity index (χ0n) is 19.1. The zero-order chi connectivity index (χ0) is 24.9. The van der Waals surface area contributed by atoms with Crippen molar-refractivity contribution in [1.82, 2.24) is 4.90 Å². The lowest BCUT2D eigenvalue weighted by molar-refractivity contribution is -0.124. The predicted molar refractivity (Wildman–Crippen MR) is 125 cm³/mol. The fraction of sp³-hybridized carbons (Fsp3) is 0.200. The summed E-state index contributed by atoms with van der Waals surface area (Å²) in [6, 6.07) is 14.4. The van der Waals surface area contributed by atoms with Crippen molar-refractivity contribution in [3.05, 3.63) is 78.3 Å². The molecular weight excluding hydrogens is 454 g/mol. The Labute approximate surface area is 201 Å². The van der Waals surface area contributed by atoms with Crippen LogP contribution in [0.4, 0.5) is 16.2 Å². The number of anilines is 2. The Hall–Kier alpha value is -4.60. The van der Waals surface area contributed by atoms with Gasteiger partial charge >= 0.3 is 12.0 Å². The number of ether oxygens (including phenoxy) is 2. The molecule has 1 saturated heterocycles. The van der Waals surface area contributed by atoms with Crippen LogP contribution >= 0.6 is 0 Å². The molecule has 1 aromatic heterocycles. The van der Waals surface area contributed by atoms with Crippen LogP contribution in [-0.4, -0.2) is 49.0 Å². The molecule has 0 saturated carbocycles. The van der Waals surface area contributed by atoms with Crippen LogP contribution in [0, 0.1) is 0 Å². The van der Waals surface area contributed by atoms with E-state index in [1.54, 1.807) is 48.5 Å². The van der Waals surface area contributed by atoms with Gasteiger partial charge in [0.05, 0.1) is 44.7 Å². The molecule has 4 amide bonds. The van der Waals surface area contributed by atoms with Crippen molar-refractivity contribution in [1.29, 1.82) is 0 Å². The minimum atomic E-state index is -1.05. The summed E-state index contributed by atoms with van der Waals surface area (Å²) >= 11 is 0. The molecule has 2 heterocycles. The number of nitrogens with zero attached hydrogens (tertiary/aromatic N) is 2. The average Bonchev–Trinajstić information content (AvgIpc) is 3.46. The van der Waals surface area contributed by atoms with E-state index >= 15 is 0 Å². The van der Waals surface area contributed by atoms with Gasteiger partial charge in [-0.05, 0) is 48.5 Å². The first-order chi connectivity index (χ1) is 16.9. The van der Waals surface area contributed by atoms with Crippen LogP contribution in [0.25, 0.3) is 0 Å². The van der Waals surface area contributed by atoms with Crippen LogP contribution in [0.2, 0.25) is 0 Å². The van der Waals surface area contributed by atoms with Gasteiger partial charge in [0.15, 0.2) is 0 Å². The second kappa shape index (κ2) is 10.1. The molecule has 1 aliphatic heterocycles. The van der Waals surface area contributed by atoms with Crippen LogP contribution in [0.3, 0.4) is 0 Å². The van der Waals surface area contributed by atoms with E-state index in [1.807, 2.05) is 0 Å². The van der Waals surface area contributed by atoms with E-state index < -0.39 is 29.9 Å². The zero-order valence-corrected chi connectivity index (χ0v) is 19.1. The van der Waals surface area contributed by atoms with E-state index in [2.05, 4.69) is 10.1 Å². The number of amides is 4. The van der Waals surface area contributed by atoms with Crippen LogP contribution < -0.4 is 15.0 Å². The number of hydrogen-bond acceptors (Lipinski definition) is 7. The molecule has 4 rings (SSSR count). The first-order valence-electron chi connectivity index (χ1n) is 10.7. The summed E-state index contributed by atoms with van der Waals surface area (Å²) in [6.07, 6.45) is 1.20. The standard InChI is InChI=1S/C25H23N3O7/c1-33-19-6-3-5-18(13-19)28-23(30)21(27(25(28)32)15-20-7-4-12-35-20)14-22(29)26-17-10-8-16(9-11-17)24(31)34-2/h3-13,21H,14-15H2,1-2H3,(H,26,29)/t21-/m1/s1. The van der Waals surface area contributed by atoms with Gasteiger partial charge in [-0.25, -0.2) is 14.5 Å². The Morgan fingerprint density at radius 1 is 1.03 bits per heavy atom. The molecule has 0 aliphatic carbocycles. The lowest BCUT2D eigenvalue weighted by Crippen LogP contribution is -2.37. The molecule has 0 bridgehead atoms. The van der Waals surface area contributed by atoms with Gasteiger partial charge in [0.2, 0.25) is 5.91 Å². The number of furan rings is 1. The minimum absolute atomic E-state index is 0.0177. The quantitative estimate of drug-likeness (QED) is 0.390. The number of methoxy groups -OCH3 is 2. The van der Waals surface area contributed by atoms with Gasteiger partial charge in [-0.2, -0.15) is 0 Å². The van der Waals surface area contributed by atoms with Crippen LogP contribution in [0.15, 0.2) is 71.3 Å². The van der Waals surface area contributed by atoms with Crippen molar-refractivity contribution in [3.63, 3.8) is 0 Å². The molecule has 0 radical (unpaired) electrons. The third-order valence-corrected chi connectivity index (χ3v) is 5.50. The highest BCUT2D eigenvalue weighted by Gasteiger charge is 2.47. The number of esters is 1. The average molecular weight is 477 g/mol. The van der Waals surface area contributed by atoms with Crippen LogP contribution in [0.5, 0.6) is 5.75 Å². The molecule has 2 aromatic carbocycles. The van der Waals surface area contributed by atoms with Crippen molar-refractivity contribution in [2.75, 3.05) is 24.4 Å². The highest BCUT2D eigenvalue weighted by Crippen LogP contribution is 2.30. The molecule has 1 N–H and O–H groups in total. The number of carbonyl (C=O) groups is 4. The predicted octanol–water partition coefficient (Wildman–Crippen LogP) is 3.44. The van der Waals surface area contributed by atoms with Gasteiger partial charge in [-0.1, -0.05) is 6.07 Å². The fourth-order valence-electron chi connectivity index (χ4n) is 3.77. The number of benzene rings is 2. The number of carbonyl (C=O) groups excluding carboxylic acids is 4. The third-order valence-electron chi connectivity index (χ3n) is 5.50. The van der Waals surface area contributed by atoms with Crippen LogP contribution in [-0.2, 0) is 20.9 Å². The maximum Gasteiger partial charge on any atom is 0.337 e. The van der Waals surface area contributed by atoms with Gasteiger partial charge in [-0.3, -0.25) is 9.59 Å². The topological polar surface area (TPSA) is 118 Å². The van der Waals surface area contributed by atoms with E-state index in [4.69, 9.17) is 9.15 Å². The largest absolute Gasteiger partial charge is 0.497 e. The van der Waals surface area contributed by atoms with Gasteiger partial charge in [0.1, 0.15) is 17.6 Å². The Bertz CT molecular complexity index is 1240. The van der Waals surface area contributed by atoms with Crippen LogP contribution in [0.1, 0.15) is 22.5 Å². The first kappa shape index (κ1) is 23.6. The molecule has 3 aromatic rings. The lowest BCUT2D eigenvalue weighted by atomic mass is 10.1. The fourth-order valence-corrected chi connectivity index (χ4v) is 3.77. The summed E-state index contributed by atoms with van der Waals surface area (Å²) in [5.74, 6) is -0.547. The number of urea groups is 1. The highest BCUT2D eigenvalue weighted by molar-refractivity contribution is 6.22. The van der Waals surface area contributed by atoms with Crippen molar-refractivity contribution in [2.24, 2.45) is 0 Å². The minimum Gasteiger partial charge on any atom is -0.497 e. The van der Waals surface area contributed by atoms with Crippen molar-refractivity contribution < 1.29 is 33.1 Å². The maximum atomic E-state index is 13.4. The van der Waals surface area contributed by atoms with Gasteiger partial charge in [0.25, 0.3) is 5.91 Å². The molecular formula is C25H23N3O7. The molecule has 1 fully saturated rings. The molecule has 1 atom stereocenters. The van der Waals surface area contributed by atoms with E-state index in [0.29, 0.717) is 28.4 Å². The van der Waals surface area contributed by atoms with Gasteiger partial charge < -0.3 is 24.1 Å². The molecule has 180 valence electrons. The normalized spacial score (nSPS) is 15.3. The maximum absolute atomic E-state index is 13.4. The SMILES string of the molecule is COC(=O)c1ccc(NC(=O)C[C@@H]2C(=O)N(c3cccc(OC)c3)C(=O)N2Cc2ccco2)cc1. The number of hydrogen-bond donors (Lipinski definition) is 1. The monoisotopic (exact) mass is 477 g/mol. The molecule has 1 aliphatic rings. The second-order valence-corrected chi connectivity index (χ2v) is 7.70.